The van der Waals surface area contributed by atoms with E-state index in [0.717, 1.165) is 0 Å². The van der Waals surface area contributed by atoms with Crippen LogP contribution in [0.4, 0.5) is 4.79 Å². The number of nitrogens with zero attached hydrogens (tertiary/aromatic N) is 1. The average molecular weight is 246 g/mol. The number of urea groups is 1. The highest BCUT2D eigenvalue weighted by atomic mass is 16.5. The quantitative estimate of drug-likeness (QED) is 0.706. The molecule has 0 aliphatic rings. The predicted octanol–water partition coefficient (Wildman–Crippen LogP) is 1.07. The van der Waals surface area contributed by atoms with Crippen molar-refractivity contribution >= 4 is 6.03 Å². The molecular weight excluding hydrogens is 220 g/mol. The van der Waals surface area contributed by atoms with Gasteiger partial charge < -0.3 is 20.1 Å². The van der Waals surface area contributed by atoms with E-state index in [-0.39, 0.29) is 24.7 Å². The Bertz CT molecular complexity index is 222. The standard InChI is InChI=1S/C12H26N2O3/c1-9(2)7-17-8-10(3)13-12(16)14(5)11(4)6-15/h9-11,15H,6-8H2,1-5H3,(H,13,16). The van der Waals surface area contributed by atoms with E-state index in [1.165, 1.54) is 4.90 Å². The third kappa shape index (κ3) is 7.18. The number of likely N-dealkylation sites (N-methyl/N-ethyl adjacent to an activating group) is 1. The van der Waals surface area contributed by atoms with Crippen LogP contribution in [0.3, 0.4) is 0 Å². The number of ether oxygens (including phenoxy) is 1. The van der Waals surface area contributed by atoms with Gasteiger partial charge in [0.15, 0.2) is 0 Å². The topological polar surface area (TPSA) is 61.8 Å². The van der Waals surface area contributed by atoms with Crippen molar-refractivity contribution in [1.82, 2.24) is 10.2 Å². The summed E-state index contributed by atoms with van der Waals surface area (Å²) in [6.45, 7) is 9.02. The van der Waals surface area contributed by atoms with Gasteiger partial charge in [0.2, 0.25) is 0 Å². The van der Waals surface area contributed by atoms with Crippen molar-refractivity contribution in [1.29, 1.82) is 0 Å². The smallest absolute Gasteiger partial charge is 0.317 e. The molecule has 102 valence electrons. The second-order valence-electron chi connectivity index (χ2n) is 4.92. The van der Waals surface area contributed by atoms with Gasteiger partial charge in [-0.3, -0.25) is 0 Å². The van der Waals surface area contributed by atoms with E-state index in [1.807, 2.05) is 6.92 Å². The van der Waals surface area contributed by atoms with E-state index >= 15 is 0 Å². The zero-order chi connectivity index (χ0) is 13.4. The number of carbonyl (C=O) groups is 1. The molecular formula is C12H26N2O3. The number of rotatable bonds is 7. The maximum absolute atomic E-state index is 11.7. The third-order valence-electron chi connectivity index (χ3n) is 2.43. The molecule has 2 amide bonds. The van der Waals surface area contributed by atoms with E-state index in [0.29, 0.717) is 19.1 Å². The summed E-state index contributed by atoms with van der Waals surface area (Å²) >= 11 is 0. The average Bonchev–Trinajstić information content (AvgIpc) is 2.26. The van der Waals surface area contributed by atoms with Crippen LogP contribution in [0.2, 0.25) is 0 Å². The minimum atomic E-state index is -0.188. The van der Waals surface area contributed by atoms with Gasteiger partial charge in [0, 0.05) is 13.7 Å². The lowest BCUT2D eigenvalue weighted by molar-refractivity contribution is 0.0918. The molecule has 0 fully saturated rings. The van der Waals surface area contributed by atoms with Crippen LogP contribution in [0.15, 0.2) is 0 Å². The zero-order valence-corrected chi connectivity index (χ0v) is 11.6. The minimum Gasteiger partial charge on any atom is -0.394 e. The largest absolute Gasteiger partial charge is 0.394 e. The molecule has 2 atom stereocenters. The monoisotopic (exact) mass is 246 g/mol. The molecule has 2 unspecified atom stereocenters. The summed E-state index contributed by atoms with van der Waals surface area (Å²) in [7, 11) is 1.66. The van der Waals surface area contributed by atoms with Crippen LogP contribution in [-0.4, -0.2) is 55.0 Å². The van der Waals surface area contributed by atoms with Gasteiger partial charge in [0.1, 0.15) is 0 Å². The first kappa shape index (κ1) is 16.2. The normalized spacial score (nSPS) is 14.5. The highest BCUT2D eigenvalue weighted by Gasteiger charge is 2.16. The Morgan fingerprint density at radius 1 is 1.29 bits per heavy atom. The van der Waals surface area contributed by atoms with Crippen LogP contribution < -0.4 is 5.32 Å². The van der Waals surface area contributed by atoms with Gasteiger partial charge in [-0.2, -0.15) is 0 Å². The maximum Gasteiger partial charge on any atom is 0.317 e. The summed E-state index contributed by atoms with van der Waals surface area (Å²) in [6, 6.07) is -0.402. The molecule has 0 bridgehead atoms. The zero-order valence-electron chi connectivity index (χ0n) is 11.6. The van der Waals surface area contributed by atoms with Crippen LogP contribution in [-0.2, 0) is 4.74 Å². The van der Waals surface area contributed by atoms with Crippen LogP contribution in [0.25, 0.3) is 0 Å². The lowest BCUT2D eigenvalue weighted by Gasteiger charge is -2.25. The number of amides is 2. The second kappa shape index (κ2) is 8.31. The molecule has 0 aromatic heterocycles. The molecule has 0 aromatic rings. The van der Waals surface area contributed by atoms with Gasteiger partial charge in [-0.1, -0.05) is 13.8 Å². The second-order valence-corrected chi connectivity index (χ2v) is 4.92. The van der Waals surface area contributed by atoms with Gasteiger partial charge in [-0.05, 0) is 19.8 Å². The van der Waals surface area contributed by atoms with Crippen molar-refractivity contribution < 1.29 is 14.6 Å². The first-order valence-corrected chi connectivity index (χ1v) is 6.10. The summed E-state index contributed by atoms with van der Waals surface area (Å²) in [4.78, 5) is 13.2. The third-order valence-corrected chi connectivity index (χ3v) is 2.43. The number of aliphatic hydroxyl groups is 1. The molecule has 0 aliphatic heterocycles. The fourth-order valence-electron chi connectivity index (χ4n) is 1.16. The predicted molar refractivity (Wildman–Crippen MR) is 68.0 cm³/mol. The van der Waals surface area contributed by atoms with Gasteiger partial charge in [0.05, 0.1) is 25.3 Å². The number of nitrogens with one attached hydrogen (secondary N) is 1. The molecule has 17 heavy (non-hydrogen) atoms. The molecule has 0 aromatic carbocycles. The lowest BCUT2D eigenvalue weighted by atomic mass is 10.2. The van der Waals surface area contributed by atoms with E-state index in [2.05, 4.69) is 19.2 Å². The van der Waals surface area contributed by atoms with Crippen molar-refractivity contribution in [2.75, 3.05) is 26.9 Å². The summed E-state index contributed by atoms with van der Waals surface area (Å²) < 4.78 is 5.44. The van der Waals surface area contributed by atoms with E-state index in [4.69, 9.17) is 9.84 Å². The summed E-state index contributed by atoms with van der Waals surface area (Å²) in [5.41, 5.74) is 0. The van der Waals surface area contributed by atoms with Gasteiger partial charge >= 0.3 is 6.03 Å². The summed E-state index contributed by atoms with van der Waals surface area (Å²) in [6.07, 6.45) is 0. The van der Waals surface area contributed by atoms with Gasteiger partial charge in [0.25, 0.3) is 0 Å². The number of aliphatic hydroxyl groups excluding tert-OH is 1. The number of carbonyl (C=O) groups excluding carboxylic acids is 1. The van der Waals surface area contributed by atoms with Crippen molar-refractivity contribution in [2.45, 2.75) is 39.8 Å². The van der Waals surface area contributed by atoms with E-state index < -0.39 is 0 Å². The van der Waals surface area contributed by atoms with Crippen LogP contribution in [0.5, 0.6) is 0 Å². The fourth-order valence-corrected chi connectivity index (χ4v) is 1.16. The van der Waals surface area contributed by atoms with E-state index in [9.17, 15) is 4.79 Å². The van der Waals surface area contributed by atoms with Crippen LogP contribution >= 0.6 is 0 Å². The summed E-state index contributed by atoms with van der Waals surface area (Å²) in [5.74, 6) is 0.495. The SMILES string of the molecule is CC(C)COCC(C)NC(=O)N(C)C(C)CO. The number of hydrogen-bond acceptors (Lipinski definition) is 3. The van der Waals surface area contributed by atoms with Gasteiger partial charge in [-0.25, -0.2) is 4.79 Å². The van der Waals surface area contributed by atoms with Crippen molar-refractivity contribution in [3.8, 4) is 0 Å². The lowest BCUT2D eigenvalue weighted by Crippen LogP contribution is -2.47. The van der Waals surface area contributed by atoms with Crippen LogP contribution in [0.1, 0.15) is 27.7 Å². The molecule has 5 nitrogen and oxygen atoms in total. The van der Waals surface area contributed by atoms with Gasteiger partial charge in [-0.15, -0.1) is 0 Å². The Morgan fingerprint density at radius 2 is 1.88 bits per heavy atom. The fraction of sp³-hybridized carbons (Fsp3) is 0.917. The molecule has 0 saturated carbocycles. The molecule has 2 N–H and O–H groups in total. The molecule has 0 rings (SSSR count). The maximum atomic E-state index is 11.7. The molecule has 0 radical (unpaired) electrons. The minimum absolute atomic E-state index is 0.0328. The van der Waals surface area contributed by atoms with Crippen molar-refractivity contribution in [3.05, 3.63) is 0 Å². The first-order chi connectivity index (χ1) is 7.88. The Labute approximate surface area is 104 Å². The Morgan fingerprint density at radius 3 is 2.35 bits per heavy atom. The van der Waals surface area contributed by atoms with Crippen molar-refractivity contribution in [3.63, 3.8) is 0 Å². The highest BCUT2D eigenvalue weighted by molar-refractivity contribution is 5.74. The number of hydrogen-bond donors (Lipinski definition) is 2. The molecule has 5 heteroatoms. The molecule has 0 saturated heterocycles. The van der Waals surface area contributed by atoms with Crippen molar-refractivity contribution in [2.24, 2.45) is 5.92 Å². The Balaban J connectivity index is 3.87. The summed E-state index contributed by atoms with van der Waals surface area (Å²) in [5, 5.41) is 11.8. The highest BCUT2D eigenvalue weighted by Crippen LogP contribution is 1.97. The molecule has 0 heterocycles. The molecule has 0 aliphatic carbocycles. The Kier molecular flexibility index (Phi) is 7.91. The molecule has 0 spiro atoms. The van der Waals surface area contributed by atoms with E-state index in [1.54, 1.807) is 14.0 Å². The first-order valence-electron chi connectivity index (χ1n) is 6.10. The Hall–Kier alpha value is -0.810. The van der Waals surface area contributed by atoms with Crippen LogP contribution in [0, 0.1) is 5.92 Å².